The van der Waals surface area contributed by atoms with E-state index in [1.165, 1.54) is 0 Å². The number of anilines is 1. The van der Waals surface area contributed by atoms with Gasteiger partial charge in [0.2, 0.25) is 5.91 Å². The summed E-state index contributed by atoms with van der Waals surface area (Å²) in [5.74, 6) is -0.0404. The summed E-state index contributed by atoms with van der Waals surface area (Å²) in [6, 6.07) is 7.93. The highest BCUT2D eigenvalue weighted by molar-refractivity contribution is 6.30. The quantitative estimate of drug-likeness (QED) is 0.795. The Hall–Kier alpha value is -1.75. The highest BCUT2D eigenvalue weighted by Gasteiger charge is 2.32. The summed E-state index contributed by atoms with van der Waals surface area (Å²) in [6.07, 6.45) is 0.760. The van der Waals surface area contributed by atoms with Crippen molar-refractivity contribution in [3.63, 3.8) is 0 Å². The fourth-order valence-corrected chi connectivity index (χ4v) is 3.48. The number of rotatable bonds is 3. The Labute approximate surface area is 141 Å². The third-order valence-corrected chi connectivity index (χ3v) is 4.75. The number of esters is 1. The summed E-state index contributed by atoms with van der Waals surface area (Å²) in [6.45, 7) is 4.70. The van der Waals surface area contributed by atoms with Gasteiger partial charge in [-0.1, -0.05) is 17.7 Å². The first kappa shape index (κ1) is 16.1. The molecule has 0 aliphatic carbocycles. The summed E-state index contributed by atoms with van der Waals surface area (Å²) in [4.78, 5) is 27.8. The number of piperazine rings is 1. The van der Waals surface area contributed by atoms with E-state index in [1.807, 2.05) is 29.2 Å². The Morgan fingerprint density at radius 2 is 2.22 bits per heavy atom. The number of ether oxygens (including phenoxy) is 1. The molecule has 2 saturated heterocycles. The van der Waals surface area contributed by atoms with Crippen molar-refractivity contribution in [2.45, 2.75) is 25.8 Å². The van der Waals surface area contributed by atoms with Crippen molar-refractivity contribution in [1.29, 1.82) is 0 Å². The SMILES string of the molecule is C[C@H]1CN(c2cccc(Cl)c2)CCN1C(=O)C[C@@H]1COC(=O)C1. The Morgan fingerprint density at radius 3 is 2.87 bits per heavy atom. The van der Waals surface area contributed by atoms with Crippen LogP contribution in [0, 0.1) is 5.92 Å². The fraction of sp³-hybridized carbons (Fsp3) is 0.529. The van der Waals surface area contributed by atoms with Crippen LogP contribution in [0.3, 0.4) is 0 Å². The normalized spacial score (nSPS) is 24.7. The van der Waals surface area contributed by atoms with Gasteiger partial charge in [0.25, 0.3) is 0 Å². The van der Waals surface area contributed by atoms with E-state index in [0.717, 1.165) is 23.8 Å². The number of amides is 1. The first-order valence-electron chi connectivity index (χ1n) is 7.98. The molecule has 3 rings (SSSR count). The molecule has 0 saturated carbocycles. The smallest absolute Gasteiger partial charge is 0.306 e. The highest BCUT2D eigenvalue weighted by Crippen LogP contribution is 2.24. The van der Waals surface area contributed by atoms with Crippen molar-refractivity contribution in [2.75, 3.05) is 31.1 Å². The number of cyclic esters (lactones) is 1. The van der Waals surface area contributed by atoms with Crippen LogP contribution in [0.4, 0.5) is 5.69 Å². The van der Waals surface area contributed by atoms with Gasteiger partial charge in [0, 0.05) is 48.7 Å². The lowest BCUT2D eigenvalue weighted by Gasteiger charge is -2.41. The number of hydrogen-bond acceptors (Lipinski definition) is 4. The average molecular weight is 337 g/mol. The molecule has 2 atom stereocenters. The zero-order valence-corrected chi connectivity index (χ0v) is 14.0. The standard InChI is InChI=1S/C17H21ClN2O3/c1-12-10-19(15-4-2-3-14(18)9-15)5-6-20(12)16(21)7-13-8-17(22)23-11-13/h2-4,9,12-13H,5-8,10-11H2,1H3/t12-,13-/m0/s1. The summed E-state index contributed by atoms with van der Waals surface area (Å²) in [5.41, 5.74) is 1.09. The molecule has 2 fully saturated rings. The number of carbonyl (C=O) groups excluding carboxylic acids is 2. The first-order chi connectivity index (χ1) is 11.0. The van der Waals surface area contributed by atoms with Crippen molar-refractivity contribution in [3.05, 3.63) is 29.3 Å². The second-order valence-electron chi connectivity index (χ2n) is 6.32. The van der Waals surface area contributed by atoms with Crippen LogP contribution in [0.1, 0.15) is 19.8 Å². The van der Waals surface area contributed by atoms with Crippen LogP contribution in [0.25, 0.3) is 0 Å². The molecule has 1 amide bonds. The van der Waals surface area contributed by atoms with E-state index < -0.39 is 0 Å². The van der Waals surface area contributed by atoms with Gasteiger partial charge in [-0.25, -0.2) is 0 Å². The van der Waals surface area contributed by atoms with Gasteiger partial charge in [0.05, 0.1) is 13.0 Å². The number of nitrogens with zero attached hydrogens (tertiary/aromatic N) is 2. The minimum Gasteiger partial charge on any atom is -0.465 e. The van der Waals surface area contributed by atoms with Crippen molar-refractivity contribution in [2.24, 2.45) is 5.92 Å². The summed E-state index contributed by atoms with van der Waals surface area (Å²) in [5, 5.41) is 0.722. The van der Waals surface area contributed by atoms with Crippen molar-refractivity contribution in [3.8, 4) is 0 Å². The molecule has 2 heterocycles. The van der Waals surface area contributed by atoms with Crippen molar-refractivity contribution in [1.82, 2.24) is 4.90 Å². The predicted octanol–water partition coefficient (Wildman–Crippen LogP) is 2.33. The van der Waals surface area contributed by atoms with Crippen molar-refractivity contribution < 1.29 is 14.3 Å². The van der Waals surface area contributed by atoms with Crippen molar-refractivity contribution >= 4 is 29.2 Å². The van der Waals surface area contributed by atoms with Gasteiger partial charge in [-0.05, 0) is 25.1 Å². The van der Waals surface area contributed by atoms with E-state index >= 15 is 0 Å². The number of benzene rings is 1. The molecule has 0 radical (unpaired) electrons. The molecule has 0 aromatic heterocycles. The van der Waals surface area contributed by atoms with Crippen LogP contribution in [0.2, 0.25) is 5.02 Å². The maximum Gasteiger partial charge on any atom is 0.306 e. The largest absolute Gasteiger partial charge is 0.465 e. The Balaban J connectivity index is 1.58. The van der Waals surface area contributed by atoms with Gasteiger partial charge in [0.15, 0.2) is 0 Å². The van der Waals surface area contributed by atoms with E-state index in [-0.39, 0.29) is 23.8 Å². The van der Waals surface area contributed by atoms with Crippen LogP contribution in [-0.4, -0.2) is 49.1 Å². The topological polar surface area (TPSA) is 49.9 Å². The van der Waals surface area contributed by atoms with Crippen LogP contribution in [0.15, 0.2) is 24.3 Å². The third kappa shape index (κ3) is 3.78. The van der Waals surface area contributed by atoms with Gasteiger partial charge in [0.1, 0.15) is 0 Å². The van der Waals surface area contributed by atoms with E-state index in [0.29, 0.717) is 26.0 Å². The van der Waals surface area contributed by atoms with Gasteiger partial charge in [-0.3, -0.25) is 9.59 Å². The number of hydrogen-bond donors (Lipinski definition) is 0. The molecule has 0 spiro atoms. The lowest BCUT2D eigenvalue weighted by Crippen LogP contribution is -2.54. The third-order valence-electron chi connectivity index (χ3n) is 4.52. The maximum absolute atomic E-state index is 12.5. The zero-order valence-electron chi connectivity index (χ0n) is 13.2. The molecule has 1 aromatic carbocycles. The zero-order chi connectivity index (χ0) is 16.4. The molecule has 2 aliphatic rings. The molecule has 0 bridgehead atoms. The Kier molecular flexibility index (Phi) is 4.76. The first-order valence-corrected chi connectivity index (χ1v) is 8.36. The lowest BCUT2D eigenvalue weighted by atomic mass is 10.0. The minimum absolute atomic E-state index is 0.0353. The van der Waals surface area contributed by atoms with E-state index in [4.69, 9.17) is 16.3 Å². The van der Waals surface area contributed by atoms with E-state index in [9.17, 15) is 9.59 Å². The Bertz CT molecular complexity index is 607. The van der Waals surface area contributed by atoms with Gasteiger partial charge in [-0.15, -0.1) is 0 Å². The van der Waals surface area contributed by atoms with E-state index in [1.54, 1.807) is 0 Å². The summed E-state index contributed by atoms with van der Waals surface area (Å²) >= 11 is 6.06. The monoisotopic (exact) mass is 336 g/mol. The molecule has 124 valence electrons. The molecular weight excluding hydrogens is 316 g/mol. The highest BCUT2D eigenvalue weighted by atomic mass is 35.5. The molecule has 2 aliphatic heterocycles. The summed E-state index contributed by atoms with van der Waals surface area (Å²) < 4.78 is 4.94. The molecule has 0 unspecified atom stereocenters. The minimum atomic E-state index is -0.193. The number of halogens is 1. The van der Waals surface area contributed by atoms with Crippen LogP contribution >= 0.6 is 11.6 Å². The summed E-state index contributed by atoms with van der Waals surface area (Å²) in [7, 11) is 0. The number of carbonyl (C=O) groups is 2. The second-order valence-corrected chi connectivity index (χ2v) is 6.76. The maximum atomic E-state index is 12.5. The lowest BCUT2D eigenvalue weighted by molar-refractivity contribution is -0.138. The molecular formula is C17H21ClN2O3. The molecule has 0 N–H and O–H groups in total. The van der Waals surface area contributed by atoms with Crippen LogP contribution < -0.4 is 4.90 Å². The van der Waals surface area contributed by atoms with E-state index in [2.05, 4.69) is 11.8 Å². The molecule has 6 heteroatoms. The molecule has 23 heavy (non-hydrogen) atoms. The van der Waals surface area contributed by atoms with Gasteiger partial charge >= 0.3 is 5.97 Å². The fourth-order valence-electron chi connectivity index (χ4n) is 3.30. The van der Waals surface area contributed by atoms with Crippen LogP contribution in [0.5, 0.6) is 0 Å². The molecule has 5 nitrogen and oxygen atoms in total. The Morgan fingerprint density at radius 1 is 1.39 bits per heavy atom. The van der Waals surface area contributed by atoms with Gasteiger partial charge < -0.3 is 14.5 Å². The van der Waals surface area contributed by atoms with Gasteiger partial charge in [-0.2, -0.15) is 0 Å². The molecule has 1 aromatic rings. The average Bonchev–Trinajstić information content (AvgIpc) is 2.92. The second kappa shape index (κ2) is 6.79. The van der Waals surface area contributed by atoms with Crippen LogP contribution in [-0.2, 0) is 14.3 Å². The predicted molar refractivity (Wildman–Crippen MR) is 88.5 cm³/mol.